The minimum absolute atomic E-state index is 0.220. The molecule has 2 heterocycles. The summed E-state index contributed by atoms with van der Waals surface area (Å²) in [5, 5.41) is 10.5. The summed E-state index contributed by atoms with van der Waals surface area (Å²) < 4.78 is 2.01. The molecule has 0 unspecified atom stereocenters. The number of fused-ring (bicyclic) bond motifs is 1. The number of aliphatic carboxylic acids is 1. The molecule has 0 saturated heterocycles. The van der Waals surface area contributed by atoms with Crippen molar-refractivity contribution in [3.05, 3.63) is 23.5 Å². The van der Waals surface area contributed by atoms with Crippen molar-refractivity contribution < 1.29 is 9.90 Å². The minimum Gasteiger partial charge on any atom is -0.481 e. The van der Waals surface area contributed by atoms with Gasteiger partial charge >= 0.3 is 5.97 Å². The highest BCUT2D eigenvalue weighted by Gasteiger charge is 2.04. The Bertz CT molecular complexity index is 446. The molecule has 0 radical (unpaired) electrons. The molecule has 0 atom stereocenters. The van der Waals surface area contributed by atoms with Crippen LogP contribution in [0.25, 0.3) is 4.96 Å². The Hall–Kier alpha value is -1.36. The molecule has 0 amide bonds. The van der Waals surface area contributed by atoms with E-state index in [0.717, 1.165) is 17.1 Å². The van der Waals surface area contributed by atoms with E-state index in [4.69, 9.17) is 5.11 Å². The molecule has 0 fully saturated rings. The lowest BCUT2D eigenvalue weighted by atomic mass is 10.2. The number of rotatable bonds is 4. The van der Waals surface area contributed by atoms with Crippen LogP contribution < -0.4 is 0 Å². The Balaban J connectivity index is 2.04. The van der Waals surface area contributed by atoms with Gasteiger partial charge < -0.3 is 5.11 Å². The fourth-order valence-electron chi connectivity index (χ4n) is 1.38. The Labute approximate surface area is 84.8 Å². The normalized spacial score (nSPS) is 10.9. The molecule has 2 rings (SSSR count). The van der Waals surface area contributed by atoms with Gasteiger partial charge in [-0.1, -0.05) is 0 Å². The van der Waals surface area contributed by atoms with E-state index in [1.54, 1.807) is 11.3 Å². The summed E-state index contributed by atoms with van der Waals surface area (Å²) in [6, 6.07) is 0. The summed E-state index contributed by atoms with van der Waals surface area (Å²) in [6.07, 6.45) is 5.43. The number of thiazole rings is 1. The van der Waals surface area contributed by atoms with Gasteiger partial charge in [0.15, 0.2) is 4.96 Å². The van der Waals surface area contributed by atoms with Crippen molar-refractivity contribution in [1.29, 1.82) is 0 Å². The van der Waals surface area contributed by atoms with Crippen molar-refractivity contribution in [2.45, 2.75) is 19.3 Å². The van der Waals surface area contributed by atoms with Gasteiger partial charge in [-0.15, -0.1) is 11.3 Å². The number of carboxylic acids is 1. The molecule has 14 heavy (non-hydrogen) atoms. The molecule has 1 N–H and O–H groups in total. The summed E-state index contributed by atoms with van der Waals surface area (Å²) >= 11 is 1.58. The van der Waals surface area contributed by atoms with Gasteiger partial charge in [0.25, 0.3) is 0 Å². The van der Waals surface area contributed by atoms with Crippen LogP contribution in [0.4, 0.5) is 0 Å². The molecule has 0 bridgehead atoms. The zero-order chi connectivity index (χ0) is 9.97. The van der Waals surface area contributed by atoms with E-state index in [0.29, 0.717) is 6.42 Å². The molecule has 0 aliphatic rings. The summed E-state index contributed by atoms with van der Waals surface area (Å²) in [5.74, 6) is -0.740. The molecule has 0 spiro atoms. The zero-order valence-electron chi connectivity index (χ0n) is 7.51. The highest BCUT2D eigenvalue weighted by molar-refractivity contribution is 7.15. The van der Waals surface area contributed by atoms with Gasteiger partial charge in [0, 0.05) is 23.7 Å². The van der Waals surface area contributed by atoms with E-state index in [1.807, 2.05) is 22.2 Å². The van der Waals surface area contributed by atoms with E-state index in [1.165, 1.54) is 0 Å². The lowest BCUT2D eigenvalue weighted by molar-refractivity contribution is -0.137. The highest BCUT2D eigenvalue weighted by atomic mass is 32.1. The van der Waals surface area contributed by atoms with Crippen molar-refractivity contribution in [2.75, 3.05) is 0 Å². The van der Waals surface area contributed by atoms with E-state index < -0.39 is 5.97 Å². The first-order valence-electron chi connectivity index (χ1n) is 4.38. The maximum atomic E-state index is 10.3. The first-order chi connectivity index (χ1) is 6.77. The van der Waals surface area contributed by atoms with E-state index in [9.17, 15) is 4.79 Å². The first-order valence-corrected chi connectivity index (χ1v) is 5.26. The van der Waals surface area contributed by atoms with Crippen LogP contribution in [0.15, 0.2) is 17.8 Å². The average molecular weight is 210 g/mol. The number of carbonyl (C=O) groups is 1. The SMILES string of the molecule is O=C(O)CCCc1cnc2sccn12. The average Bonchev–Trinajstić information content (AvgIpc) is 2.67. The van der Waals surface area contributed by atoms with Crippen LogP contribution in [-0.4, -0.2) is 20.5 Å². The van der Waals surface area contributed by atoms with Gasteiger partial charge in [0.05, 0.1) is 6.20 Å². The second-order valence-corrected chi connectivity index (χ2v) is 3.93. The number of carboxylic acid groups (broad SMARTS) is 1. The molecule has 74 valence electrons. The summed E-state index contributed by atoms with van der Waals surface area (Å²) in [5.41, 5.74) is 1.09. The number of aromatic nitrogens is 2. The molecule has 0 aromatic carbocycles. The third-order valence-electron chi connectivity index (χ3n) is 2.05. The molecular weight excluding hydrogens is 200 g/mol. The van der Waals surface area contributed by atoms with Gasteiger partial charge in [0.1, 0.15) is 0 Å². The zero-order valence-corrected chi connectivity index (χ0v) is 8.33. The Kier molecular flexibility index (Phi) is 2.49. The van der Waals surface area contributed by atoms with Crippen LogP contribution in [-0.2, 0) is 11.2 Å². The van der Waals surface area contributed by atoms with Gasteiger partial charge in [0.2, 0.25) is 0 Å². The van der Waals surface area contributed by atoms with Crippen LogP contribution in [0.2, 0.25) is 0 Å². The van der Waals surface area contributed by atoms with Crippen LogP contribution in [0.5, 0.6) is 0 Å². The lowest BCUT2D eigenvalue weighted by Gasteiger charge is -1.96. The smallest absolute Gasteiger partial charge is 0.303 e. The van der Waals surface area contributed by atoms with E-state index in [-0.39, 0.29) is 6.42 Å². The van der Waals surface area contributed by atoms with Crippen molar-refractivity contribution in [1.82, 2.24) is 9.38 Å². The Morgan fingerprint density at radius 3 is 3.29 bits per heavy atom. The fourth-order valence-corrected chi connectivity index (χ4v) is 2.09. The quantitative estimate of drug-likeness (QED) is 0.837. The summed E-state index contributed by atoms with van der Waals surface area (Å²) in [4.78, 5) is 15.5. The molecule has 2 aromatic heterocycles. The first kappa shape index (κ1) is 9.21. The molecular formula is C9H10N2O2S. The van der Waals surface area contributed by atoms with Crippen LogP contribution in [0.1, 0.15) is 18.5 Å². The maximum Gasteiger partial charge on any atom is 0.303 e. The molecule has 0 aliphatic heterocycles. The van der Waals surface area contributed by atoms with Gasteiger partial charge in [-0.2, -0.15) is 0 Å². The van der Waals surface area contributed by atoms with Crippen molar-refractivity contribution in [2.24, 2.45) is 0 Å². The van der Waals surface area contributed by atoms with Gasteiger partial charge in [-0.3, -0.25) is 9.20 Å². The number of hydrogen-bond acceptors (Lipinski definition) is 3. The third-order valence-corrected chi connectivity index (χ3v) is 2.82. The molecule has 0 aliphatic carbocycles. The highest BCUT2D eigenvalue weighted by Crippen LogP contribution is 2.14. The fraction of sp³-hybridized carbons (Fsp3) is 0.333. The maximum absolute atomic E-state index is 10.3. The standard InChI is InChI=1S/C9H10N2O2S/c12-8(13)3-1-2-7-6-10-9-11(7)4-5-14-9/h4-6H,1-3H2,(H,12,13). The lowest BCUT2D eigenvalue weighted by Crippen LogP contribution is -1.97. The predicted octanol–water partition coefficient (Wildman–Crippen LogP) is 1.80. The van der Waals surface area contributed by atoms with Gasteiger partial charge in [-0.25, -0.2) is 4.98 Å². The predicted molar refractivity (Wildman–Crippen MR) is 53.6 cm³/mol. The van der Waals surface area contributed by atoms with Crippen molar-refractivity contribution in [3.8, 4) is 0 Å². The number of aryl methyl sites for hydroxylation is 1. The Morgan fingerprint density at radius 2 is 2.50 bits per heavy atom. The second-order valence-electron chi connectivity index (χ2n) is 3.05. The number of nitrogens with zero attached hydrogens (tertiary/aromatic N) is 2. The second kappa shape index (κ2) is 3.79. The summed E-state index contributed by atoms with van der Waals surface area (Å²) in [6.45, 7) is 0. The molecule has 5 heteroatoms. The largest absolute Gasteiger partial charge is 0.481 e. The molecule has 0 saturated carbocycles. The third kappa shape index (κ3) is 1.77. The molecule has 2 aromatic rings. The van der Waals surface area contributed by atoms with Crippen LogP contribution in [0.3, 0.4) is 0 Å². The van der Waals surface area contributed by atoms with Crippen molar-refractivity contribution in [3.63, 3.8) is 0 Å². The molecule has 4 nitrogen and oxygen atoms in total. The minimum atomic E-state index is -0.740. The topological polar surface area (TPSA) is 54.6 Å². The monoisotopic (exact) mass is 210 g/mol. The van der Waals surface area contributed by atoms with Crippen molar-refractivity contribution >= 4 is 22.3 Å². The van der Waals surface area contributed by atoms with Gasteiger partial charge in [-0.05, 0) is 12.8 Å². The van der Waals surface area contributed by atoms with E-state index in [2.05, 4.69) is 4.98 Å². The summed E-state index contributed by atoms with van der Waals surface area (Å²) in [7, 11) is 0. The van der Waals surface area contributed by atoms with Crippen LogP contribution >= 0.6 is 11.3 Å². The van der Waals surface area contributed by atoms with Crippen LogP contribution in [0, 0.1) is 0 Å². The Morgan fingerprint density at radius 1 is 1.64 bits per heavy atom. The van der Waals surface area contributed by atoms with E-state index >= 15 is 0 Å². The number of imidazole rings is 1. The number of hydrogen-bond donors (Lipinski definition) is 1.